The molecule has 6 nitrogen and oxygen atoms in total. The van der Waals surface area contributed by atoms with E-state index in [4.69, 9.17) is 4.42 Å². The van der Waals surface area contributed by atoms with E-state index in [1.54, 1.807) is 43.5 Å². The third-order valence-electron chi connectivity index (χ3n) is 4.10. The molecule has 1 N–H and O–H groups in total. The zero-order chi connectivity index (χ0) is 19.7. The van der Waals surface area contributed by atoms with Crippen molar-refractivity contribution in [3.05, 3.63) is 71.0 Å². The summed E-state index contributed by atoms with van der Waals surface area (Å²) in [5.41, 5.74) is 1.39. The van der Waals surface area contributed by atoms with Gasteiger partial charge in [-0.05, 0) is 54.6 Å². The fourth-order valence-electron chi connectivity index (χ4n) is 2.66. The number of furan rings is 1. The van der Waals surface area contributed by atoms with Crippen LogP contribution in [0.1, 0.15) is 22.1 Å². The van der Waals surface area contributed by atoms with Gasteiger partial charge in [0.25, 0.3) is 0 Å². The van der Waals surface area contributed by atoms with E-state index >= 15 is 0 Å². The van der Waals surface area contributed by atoms with Crippen LogP contribution in [0.15, 0.2) is 67.6 Å². The Morgan fingerprint density at radius 2 is 1.85 bits per heavy atom. The summed E-state index contributed by atoms with van der Waals surface area (Å²) in [4.78, 5) is 0.134. The summed E-state index contributed by atoms with van der Waals surface area (Å²) in [5.74, 6) is 0.187. The van der Waals surface area contributed by atoms with Crippen LogP contribution in [0.5, 0.6) is 0 Å². The first-order valence-corrected chi connectivity index (χ1v) is 12.0. The van der Waals surface area contributed by atoms with Crippen molar-refractivity contribution >= 4 is 31.2 Å². The number of hydrogen-bond donors (Lipinski definition) is 1. The molecule has 1 aromatic carbocycles. The van der Waals surface area contributed by atoms with E-state index in [1.807, 2.05) is 6.07 Å². The predicted molar refractivity (Wildman–Crippen MR) is 104 cm³/mol. The van der Waals surface area contributed by atoms with Crippen molar-refractivity contribution in [1.82, 2.24) is 4.72 Å². The molecular formula is C18H19NO5S3. The van der Waals surface area contributed by atoms with Crippen LogP contribution >= 0.6 is 11.3 Å². The van der Waals surface area contributed by atoms with Crippen LogP contribution in [0, 0.1) is 13.8 Å². The SMILES string of the molecule is Cc1ccc(C)c(S(=O)(=O)NCC(c2ccco2)S(=O)(=O)c2cccs2)c1. The highest BCUT2D eigenvalue weighted by Crippen LogP contribution is 2.32. The van der Waals surface area contributed by atoms with Crippen LogP contribution in [-0.2, 0) is 19.9 Å². The maximum atomic E-state index is 13.0. The molecular weight excluding hydrogens is 406 g/mol. The standard InChI is InChI=1S/C18H19NO5S3/c1-13-7-8-14(2)16(11-13)27(22,23)19-12-17(15-5-3-9-24-15)26(20,21)18-6-4-10-25-18/h3-11,17,19H,12H2,1-2H3. The molecule has 3 rings (SSSR count). The minimum Gasteiger partial charge on any atom is -0.468 e. The van der Waals surface area contributed by atoms with Crippen LogP contribution in [0.3, 0.4) is 0 Å². The lowest BCUT2D eigenvalue weighted by atomic mass is 10.2. The summed E-state index contributed by atoms with van der Waals surface area (Å²) in [6.45, 7) is 3.16. The number of sulfone groups is 1. The van der Waals surface area contributed by atoms with Gasteiger partial charge < -0.3 is 4.42 Å². The molecule has 0 saturated carbocycles. The van der Waals surface area contributed by atoms with Crippen molar-refractivity contribution in [3.63, 3.8) is 0 Å². The number of nitrogens with one attached hydrogen (secondary N) is 1. The monoisotopic (exact) mass is 425 g/mol. The van der Waals surface area contributed by atoms with E-state index < -0.39 is 25.1 Å². The van der Waals surface area contributed by atoms with Gasteiger partial charge in [0.2, 0.25) is 10.0 Å². The van der Waals surface area contributed by atoms with Gasteiger partial charge in [-0.1, -0.05) is 18.2 Å². The lowest BCUT2D eigenvalue weighted by Gasteiger charge is -2.16. The fourth-order valence-corrected chi connectivity index (χ4v) is 6.93. The van der Waals surface area contributed by atoms with E-state index in [2.05, 4.69) is 4.72 Å². The molecule has 1 atom stereocenters. The first-order chi connectivity index (χ1) is 12.7. The Labute approximate surface area is 162 Å². The molecule has 0 amide bonds. The van der Waals surface area contributed by atoms with Crippen molar-refractivity contribution in [1.29, 1.82) is 0 Å². The van der Waals surface area contributed by atoms with Crippen molar-refractivity contribution in [3.8, 4) is 0 Å². The maximum Gasteiger partial charge on any atom is 0.240 e. The van der Waals surface area contributed by atoms with Crippen molar-refractivity contribution in [2.45, 2.75) is 28.2 Å². The zero-order valence-electron chi connectivity index (χ0n) is 14.7. The van der Waals surface area contributed by atoms with E-state index in [0.29, 0.717) is 5.56 Å². The van der Waals surface area contributed by atoms with Gasteiger partial charge in [-0.3, -0.25) is 0 Å². The number of rotatable bonds is 7. The van der Waals surface area contributed by atoms with Gasteiger partial charge in [0.05, 0.1) is 11.2 Å². The summed E-state index contributed by atoms with van der Waals surface area (Å²) < 4.78 is 59.4. The lowest BCUT2D eigenvalue weighted by Crippen LogP contribution is -2.32. The average Bonchev–Trinajstić information content (AvgIpc) is 3.30. The molecule has 0 aliphatic rings. The summed E-state index contributed by atoms with van der Waals surface area (Å²) >= 11 is 1.08. The predicted octanol–water partition coefficient (Wildman–Crippen LogP) is 3.45. The van der Waals surface area contributed by atoms with Gasteiger partial charge in [-0.25, -0.2) is 21.6 Å². The Morgan fingerprint density at radius 3 is 2.48 bits per heavy atom. The van der Waals surface area contributed by atoms with Gasteiger partial charge in [-0.2, -0.15) is 0 Å². The normalized spacial score (nSPS) is 13.6. The highest BCUT2D eigenvalue weighted by molar-refractivity contribution is 7.93. The third-order valence-corrected chi connectivity index (χ3v) is 9.16. The number of thiophene rings is 1. The summed E-state index contributed by atoms with van der Waals surface area (Å²) in [5, 5.41) is 0.498. The minimum atomic E-state index is -3.88. The second-order valence-corrected chi connectivity index (χ2v) is 11.1. The molecule has 2 aromatic heterocycles. The average molecular weight is 426 g/mol. The Balaban J connectivity index is 1.93. The van der Waals surface area contributed by atoms with Gasteiger partial charge in [0.1, 0.15) is 15.2 Å². The molecule has 0 fully saturated rings. The number of aryl methyl sites for hydroxylation is 2. The van der Waals surface area contributed by atoms with E-state index in [9.17, 15) is 16.8 Å². The molecule has 2 heterocycles. The molecule has 1 unspecified atom stereocenters. The zero-order valence-corrected chi connectivity index (χ0v) is 17.2. The Kier molecular flexibility index (Phi) is 5.57. The topological polar surface area (TPSA) is 93.4 Å². The third kappa shape index (κ3) is 4.16. The first-order valence-electron chi connectivity index (χ1n) is 8.09. The number of benzene rings is 1. The van der Waals surface area contributed by atoms with Crippen molar-refractivity contribution in [2.75, 3.05) is 6.54 Å². The largest absolute Gasteiger partial charge is 0.468 e. The summed E-state index contributed by atoms with van der Waals surface area (Å²) in [6, 6.07) is 11.3. The van der Waals surface area contributed by atoms with Crippen LogP contribution < -0.4 is 4.72 Å². The van der Waals surface area contributed by atoms with Gasteiger partial charge >= 0.3 is 0 Å². The highest BCUT2D eigenvalue weighted by atomic mass is 32.2. The fraction of sp³-hybridized carbons (Fsp3) is 0.222. The summed E-state index contributed by atoms with van der Waals surface area (Å²) in [7, 11) is -7.69. The highest BCUT2D eigenvalue weighted by Gasteiger charge is 2.33. The number of sulfonamides is 1. The maximum absolute atomic E-state index is 13.0. The quantitative estimate of drug-likeness (QED) is 0.626. The van der Waals surface area contributed by atoms with Crippen molar-refractivity contribution in [2.24, 2.45) is 0 Å². The van der Waals surface area contributed by atoms with Crippen LogP contribution in [0.25, 0.3) is 0 Å². The molecule has 0 radical (unpaired) electrons. The Bertz CT molecular complexity index is 1120. The minimum absolute atomic E-state index is 0.134. The molecule has 0 aliphatic heterocycles. The molecule has 0 aliphatic carbocycles. The molecule has 0 spiro atoms. The van der Waals surface area contributed by atoms with E-state index in [0.717, 1.165) is 16.9 Å². The van der Waals surface area contributed by atoms with Gasteiger partial charge in [-0.15, -0.1) is 11.3 Å². The second-order valence-electron chi connectivity index (χ2n) is 6.10. The molecule has 27 heavy (non-hydrogen) atoms. The smallest absolute Gasteiger partial charge is 0.240 e. The van der Waals surface area contributed by atoms with Crippen LogP contribution in [0.2, 0.25) is 0 Å². The van der Waals surface area contributed by atoms with Gasteiger partial charge in [0, 0.05) is 6.54 Å². The van der Waals surface area contributed by atoms with Crippen LogP contribution in [-0.4, -0.2) is 23.4 Å². The molecule has 144 valence electrons. The van der Waals surface area contributed by atoms with Gasteiger partial charge in [0.15, 0.2) is 9.84 Å². The van der Waals surface area contributed by atoms with E-state index in [-0.39, 0.29) is 21.4 Å². The Morgan fingerprint density at radius 1 is 1.07 bits per heavy atom. The molecule has 3 aromatic rings. The molecule has 0 bridgehead atoms. The van der Waals surface area contributed by atoms with E-state index in [1.165, 1.54) is 18.4 Å². The molecule has 9 heteroatoms. The van der Waals surface area contributed by atoms with Crippen molar-refractivity contribution < 1.29 is 21.3 Å². The first kappa shape index (κ1) is 19.8. The number of hydrogen-bond acceptors (Lipinski definition) is 6. The Hall–Kier alpha value is -1.94. The summed E-state index contributed by atoms with van der Waals surface area (Å²) in [6.07, 6.45) is 1.37. The lowest BCUT2D eigenvalue weighted by molar-refractivity contribution is 0.487. The van der Waals surface area contributed by atoms with Crippen LogP contribution in [0.4, 0.5) is 0 Å². The second kappa shape index (κ2) is 7.59. The molecule has 0 saturated heterocycles.